The van der Waals surface area contributed by atoms with Crippen molar-refractivity contribution >= 4 is 44.7 Å². The summed E-state index contributed by atoms with van der Waals surface area (Å²) in [7, 11) is -2.17. The van der Waals surface area contributed by atoms with E-state index < -0.39 is 10.0 Å². The first-order chi connectivity index (χ1) is 12.8. The maximum atomic E-state index is 12.7. The molecule has 1 heterocycles. The van der Waals surface area contributed by atoms with Gasteiger partial charge in [0, 0.05) is 13.1 Å². The number of hydrogen-bond donors (Lipinski definition) is 1. The predicted octanol–water partition coefficient (Wildman–Crippen LogP) is 2.62. The van der Waals surface area contributed by atoms with Crippen LogP contribution in [-0.2, 0) is 14.8 Å². The van der Waals surface area contributed by atoms with E-state index in [1.165, 1.54) is 52.7 Å². The van der Waals surface area contributed by atoms with E-state index in [-0.39, 0.29) is 16.6 Å². The van der Waals surface area contributed by atoms with Gasteiger partial charge in [0.15, 0.2) is 4.34 Å². The predicted molar refractivity (Wildman–Crippen MR) is 107 cm³/mol. The van der Waals surface area contributed by atoms with Gasteiger partial charge in [-0.1, -0.05) is 36.9 Å². The summed E-state index contributed by atoms with van der Waals surface area (Å²) in [5.41, 5.74) is 0.310. The van der Waals surface area contributed by atoms with Crippen LogP contribution in [0.15, 0.2) is 27.4 Å². The fraction of sp³-hybridized carbons (Fsp3) is 0.438. The zero-order valence-corrected chi connectivity index (χ0v) is 18.0. The molecule has 0 spiro atoms. The highest BCUT2D eigenvalue weighted by atomic mass is 32.2. The average molecular weight is 431 g/mol. The summed E-state index contributed by atoms with van der Waals surface area (Å²) in [5, 5.41) is 11.4. The number of ether oxygens (including phenoxy) is 1. The van der Waals surface area contributed by atoms with Gasteiger partial charge in [0.1, 0.15) is 10.8 Å². The molecule has 0 saturated heterocycles. The highest BCUT2D eigenvalue weighted by Gasteiger charge is 2.23. The van der Waals surface area contributed by atoms with Crippen LogP contribution in [0.25, 0.3) is 0 Å². The molecule has 0 bridgehead atoms. The van der Waals surface area contributed by atoms with Gasteiger partial charge in [-0.05, 0) is 25.1 Å². The molecule has 1 aromatic heterocycles. The number of nitrogens with one attached hydrogen (secondary N) is 1. The summed E-state index contributed by atoms with van der Waals surface area (Å²) in [6.45, 7) is 6.13. The molecule has 1 N–H and O–H groups in total. The first-order valence-corrected chi connectivity index (χ1v) is 11.5. The summed E-state index contributed by atoms with van der Waals surface area (Å²) in [5.74, 6) is 0.229. The number of thioether (sulfide) groups is 1. The third-order valence-corrected chi connectivity index (χ3v) is 7.64. The largest absolute Gasteiger partial charge is 0.495 e. The fourth-order valence-electron chi connectivity index (χ4n) is 2.31. The molecule has 148 valence electrons. The van der Waals surface area contributed by atoms with Crippen molar-refractivity contribution in [1.82, 2.24) is 14.5 Å². The van der Waals surface area contributed by atoms with Gasteiger partial charge in [0.2, 0.25) is 15.9 Å². The van der Waals surface area contributed by atoms with Gasteiger partial charge in [-0.2, -0.15) is 4.31 Å². The van der Waals surface area contributed by atoms with Gasteiger partial charge < -0.3 is 10.1 Å². The molecule has 0 fully saturated rings. The Morgan fingerprint density at radius 3 is 2.56 bits per heavy atom. The number of rotatable bonds is 9. The Hall–Kier alpha value is -1.69. The Morgan fingerprint density at radius 2 is 2.00 bits per heavy atom. The Morgan fingerprint density at radius 1 is 1.30 bits per heavy atom. The van der Waals surface area contributed by atoms with Crippen LogP contribution in [0.3, 0.4) is 0 Å². The molecule has 0 saturated carbocycles. The summed E-state index contributed by atoms with van der Waals surface area (Å²) in [6, 6.07) is 4.43. The molecule has 0 atom stereocenters. The monoisotopic (exact) mass is 430 g/mol. The summed E-state index contributed by atoms with van der Waals surface area (Å²) in [4.78, 5) is 12.4. The van der Waals surface area contributed by atoms with Crippen LogP contribution in [0.5, 0.6) is 5.75 Å². The van der Waals surface area contributed by atoms with E-state index in [0.717, 1.165) is 5.01 Å². The number of amides is 1. The average Bonchev–Trinajstić information content (AvgIpc) is 3.06. The van der Waals surface area contributed by atoms with Crippen molar-refractivity contribution in [2.45, 2.75) is 30.0 Å². The first-order valence-electron chi connectivity index (χ1n) is 8.22. The molecule has 0 aliphatic rings. The van der Waals surface area contributed by atoms with Crippen LogP contribution in [0.1, 0.15) is 18.9 Å². The molecule has 11 heteroatoms. The molecule has 1 aromatic carbocycles. The third-order valence-electron chi connectivity index (χ3n) is 3.62. The standard InChI is InChI=1S/C16H22N4O4S3/c1-5-20(6-2)27(22,23)12-7-8-14(24-4)13(9-12)17-15(21)10-25-16-19-18-11(3)26-16/h7-9H,5-6,10H2,1-4H3,(H,17,21). The topological polar surface area (TPSA) is 101 Å². The first kappa shape index (κ1) is 21.6. The number of carbonyl (C=O) groups is 1. The number of carbonyl (C=O) groups excluding carboxylic acids is 1. The number of hydrogen-bond acceptors (Lipinski definition) is 8. The molecule has 0 unspecified atom stereocenters. The van der Waals surface area contributed by atoms with E-state index in [9.17, 15) is 13.2 Å². The van der Waals surface area contributed by atoms with Gasteiger partial charge in [0.25, 0.3) is 0 Å². The molecule has 2 rings (SSSR count). The van der Waals surface area contributed by atoms with Crippen molar-refractivity contribution in [3.8, 4) is 5.75 Å². The highest BCUT2D eigenvalue weighted by molar-refractivity contribution is 8.01. The lowest BCUT2D eigenvalue weighted by molar-refractivity contribution is -0.113. The molecule has 0 aliphatic carbocycles. The third kappa shape index (κ3) is 5.41. The minimum atomic E-state index is -3.63. The van der Waals surface area contributed by atoms with Crippen molar-refractivity contribution in [3.05, 3.63) is 23.2 Å². The van der Waals surface area contributed by atoms with E-state index in [2.05, 4.69) is 15.5 Å². The minimum absolute atomic E-state index is 0.106. The number of aromatic nitrogens is 2. The SMILES string of the molecule is CCN(CC)S(=O)(=O)c1ccc(OC)c(NC(=O)CSc2nnc(C)s2)c1. The van der Waals surface area contributed by atoms with Crippen molar-refractivity contribution < 1.29 is 17.9 Å². The normalized spacial score (nSPS) is 11.6. The van der Waals surface area contributed by atoms with Gasteiger partial charge in [-0.3, -0.25) is 4.79 Å². The van der Waals surface area contributed by atoms with Crippen molar-refractivity contribution in [2.75, 3.05) is 31.3 Å². The number of sulfonamides is 1. The second-order valence-electron chi connectivity index (χ2n) is 5.38. The van der Waals surface area contributed by atoms with Crippen LogP contribution in [0.4, 0.5) is 5.69 Å². The second-order valence-corrected chi connectivity index (χ2v) is 9.72. The fourth-order valence-corrected chi connectivity index (χ4v) is 5.41. The Labute approximate surface area is 167 Å². The van der Waals surface area contributed by atoms with Crippen molar-refractivity contribution in [3.63, 3.8) is 0 Å². The van der Waals surface area contributed by atoms with Gasteiger partial charge in [-0.15, -0.1) is 10.2 Å². The molecule has 27 heavy (non-hydrogen) atoms. The van der Waals surface area contributed by atoms with Gasteiger partial charge in [-0.25, -0.2) is 8.42 Å². The lowest BCUT2D eigenvalue weighted by atomic mass is 10.3. The molecule has 0 radical (unpaired) electrons. The van der Waals surface area contributed by atoms with Crippen molar-refractivity contribution in [1.29, 1.82) is 0 Å². The number of aryl methyl sites for hydroxylation is 1. The Kier molecular flexibility index (Phi) is 7.59. The number of benzene rings is 1. The lowest BCUT2D eigenvalue weighted by Crippen LogP contribution is -2.30. The van der Waals surface area contributed by atoms with Crippen molar-refractivity contribution in [2.24, 2.45) is 0 Å². The zero-order valence-electron chi connectivity index (χ0n) is 15.6. The van der Waals surface area contributed by atoms with E-state index in [4.69, 9.17) is 4.74 Å². The van der Waals surface area contributed by atoms with E-state index in [1.807, 2.05) is 6.92 Å². The summed E-state index contributed by atoms with van der Waals surface area (Å²) < 4.78 is 32.7. The molecule has 8 nitrogen and oxygen atoms in total. The number of anilines is 1. The van der Waals surface area contributed by atoms with Gasteiger partial charge >= 0.3 is 0 Å². The van der Waals surface area contributed by atoms with Crippen LogP contribution >= 0.6 is 23.1 Å². The van der Waals surface area contributed by atoms with E-state index in [1.54, 1.807) is 13.8 Å². The van der Waals surface area contributed by atoms with Gasteiger partial charge in [0.05, 0.1) is 23.4 Å². The van der Waals surface area contributed by atoms with E-state index >= 15 is 0 Å². The van der Waals surface area contributed by atoms with Crippen LogP contribution in [0, 0.1) is 6.92 Å². The van der Waals surface area contributed by atoms with Crippen LogP contribution in [-0.4, -0.2) is 54.8 Å². The minimum Gasteiger partial charge on any atom is -0.495 e. The molecule has 2 aromatic rings. The lowest BCUT2D eigenvalue weighted by Gasteiger charge is -2.19. The van der Waals surface area contributed by atoms with Crippen LogP contribution < -0.4 is 10.1 Å². The Balaban J connectivity index is 2.18. The highest BCUT2D eigenvalue weighted by Crippen LogP contribution is 2.29. The zero-order chi connectivity index (χ0) is 20.0. The molecule has 0 aliphatic heterocycles. The van der Waals surface area contributed by atoms with Crippen LogP contribution in [0.2, 0.25) is 0 Å². The second kappa shape index (κ2) is 9.49. The number of methoxy groups -OCH3 is 1. The van der Waals surface area contributed by atoms with E-state index in [0.29, 0.717) is 28.9 Å². The maximum absolute atomic E-state index is 12.7. The summed E-state index contributed by atoms with van der Waals surface area (Å²) in [6.07, 6.45) is 0. The quantitative estimate of drug-likeness (QED) is 0.610. The Bertz CT molecular complexity index is 895. The molecule has 1 amide bonds. The smallest absolute Gasteiger partial charge is 0.243 e. The molecular formula is C16H22N4O4S3. The number of nitrogens with zero attached hydrogens (tertiary/aromatic N) is 3. The molecular weight excluding hydrogens is 408 g/mol. The maximum Gasteiger partial charge on any atom is 0.243 e. The summed E-state index contributed by atoms with van der Waals surface area (Å²) >= 11 is 2.68.